The van der Waals surface area contributed by atoms with Crippen molar-refractivity contribution >= 4 is 23.6 Å². The van der Waals surface area contributed by atoms with Crippen LogP contribution in [0.4, 0.5) is 0 Å². The summed E-state index contributed by atoms with van der Waals surface area (Å²) < 4.78 is 6.01. The Bertz CT molecular complexity index is 1050. The van der Waals surface area contributed by atoms with Gasteiger partial charge in [-0.15, -0.1) is 0 Å². The van der Waals surface area contributed by atoms with E-state index in [1.807, 2.05) is 0 Å². The normalized spacial score (nSPS) is 20.9. The number of hydrogen-bond donors (Lipinski definition) is 6. The molecule has 0 aromatic rings. The molecule has 12 nitrogen and oxygen atoms in total. The predicted octanol–water partition coefficient (Wildman–Crippen LogP) is 7.67. The summed E-state index contributed by atoms with van der Waals surface area (Å²) in [6.45, 7) is 3.30. The number of nitrogens with zero attached hydrogens (tertiary/aromatic N) is 1. The molecule has 1 aliphatic heterocycles. The quantitative estimate of drug-likeness (QED) is 0.0268. The lowest BCUT2D eigenvalue weighted by Crippen LogP contribution is -2.75. The molecular formula is C44H83N3O9. The number of amides is 2. The fourth-order valence-electron chi connectivity index (χ4n) is 7.84. The van der Waals surface area contributed by atoms with Crippen LogP contribution in [-0.2, 0) is 23.9 Å². The number of carbonyl (C=O) groups excluding carboxylic acids is 3. The Morgan fingerprint density at radius 2 is 1.02 bits per heavy atom. The molecule has 1 fully saturated rings. The molecule has 0 aliphatic carbocycles. The second-order valence-corrected chi connectivity index (χ2v) is 16.3. The van der Waals surface area contributed by atoms with Gasteiger partial charge in [-0.2, -0.15) is 0 Å². The number of aliphatic hydroxyl groups is 3. The number of carboxylic acid groups (broad SMARTS) is 1. The SMILES string of the molecule is CCCCCCCCCCCCCCCCCCN(C(=O)CCCCCCCCCCCCC)[C@]1(N)O[C@H](CO)[C@@H](O)[C@H](O)[C@H]1C(=O)CNC(=O)CCC(=O)O. The maximum Gasteiger partial charge on any atom is 0.303 e. The zero-order chi connectivity index (χ0) is 41.4. The Morgan fingerprint density at radius 1 is 0.607 bits per heavy atom. The van der Waals surface area contributed by atoms with Gasteiger partial charge in [-0.1, -0.05) is 174 Å². The second kappa shape index (κ2) is 32.8. The van der Waals surface area contributed by atoms with Crippen LogP contribution in [0.15, 0.2) is 0 Å². The summed E-state index contributed by atoms with van der Waals surface area (Å²) in [5.74, 6) is -6.79. The Labute approximate surface area is 339 Å². The van der Waals surface area contributed by atoms with Gasteiger partial charge in [0.25, 0.3) is 0 Å². The van der Waals surface area contributed by atoms with Crippen LogP contribution in [0.3, 0.4) is 0 Å². The van der Waals surface area contributed by atoms with E-state index in [0.29, 0.717) is 12.8 Å². The van der Waals surface area contributed by atoms with Gasteiger partial charge >= 0.3 is 5.97 Å². The van der Waals surface area contributed by atoms with E-state index in [0.717, 1.165) is 44.9 Å². The summed E-state index contributed by atoms with van der Waals surface area (Å²) in [5, 5.41) is 43.3. The molecule has 0 spiro atoms. The molecule has 12 heteroatoms. The van der Waals surface area contributed by atoms with Crippen molar-refractivity contribution in [3.63, 3.8) is 0 Å². The number of aliphatic carboxylic acids is 1. The van der Waals surface area contributed by atoms with Crippen molar-refractivity contribution in [2.24, 2.45) is 11.7 Å². The minimum atomic E-state index is -2.20. The average Bonchev–Trinajstić information content (AvgIpc) is 3.17. The number of aliphatic hydroxyl groups excluding tert-OH is 3. The third-order valence-corrected chi connectivity index (χ3v) is 11.4. The fraction of sp³-hybridized carbons (Fsp3) is 0.909. The highest BCUT2D eigenvalue weighted by Crippen LogP contribution is 2.36. The zero-order valence-electron chi connectivity index (χ0n) is 35.5. The molecule has 328 valence electrons. The number of unbranched alkanes of at least 4 members (excludes halogenated alkanes) is 25. The van der Waals surface area contributed by atoms with Gasteiger partial charge in [-0.05, 0) is 12.8 Å². The van der Waals surface area contributed by atoms with E-state index in [2.05, 4.69) is 19.2 Å². The zero-order valence-corrected chi connectivity index (χ0v) is 35.5. The first-order valence-corrected chi connectivity index (χ1v) is 22.8. The van der Waals surface area contributed by atoms with Gasteiger partial charge in [-0.3, -0.25) is 24.9 Å². The summed E-state index contributed by atoms with van der Waals surface area (Å²) in [4.78, 5) is 52.1. The lowest BCUT2D eigenvalue weighted by Gasteiger charge is -2.52. The van der Waals surface area contributed by atoms with Crippen LogP contribution in [0.5, 0.6) is 0 Å². The van der Waals surface area contributed by atoms with Crippen molar-refractivity contribution in [2.75, 3.05) is 19.7 Å². The van der Waals surface area contributed by atoms with Crippen molar-refractivity contribution in [3.8, 4) is 0 Å². The smallest absolute Gasteiger partial charge is 0.303 e. The monoisotopic (exact) mass is 798 g/mol. The molecule has 0 aromatic carbocycles. The number of ketones is 1. The van der Waals surface area contributed by atoms with E-state index in [4.69, 9.17) is 15.6 Å². The molecular weight excluding hydrogens is 714 g/mol. The number of nitrogens with two attached hydrogens (primary N) is 1. The summed E-state index contributed by atoms with van der Waals surface area (Å²) in [7, 11) is 0. The number of carboxylic acids is 1. The van der Waals surface area contributed by atoms with Gasteiger partial charge in [0, 0.05) is 19.4 Å². The van der Waals surface area contributed by atoms with Gasteiger partial charge in [0.1, 0.15) is 18.1 Å². The number of ether oxygens (including phenoxy) is 1. The van der Waals surface area contributed by atoms with Crippen molar-refractivity contribution in [1.29, 1.82) is 0 Å². The molecule has 0 unspecified atom stereocenters. The van der Waals surface area contributed by atoms with Gasteiger partial charge in [-0.25, -0.2) is 0 Å². The van der Waals surface area contributed by atoms with Crippen LogP contribution in [0, 0.1) is 5.92 Å². The van der Waals surface area contributed by atoms with E-state index >= 15 is 0 Å². The Morgan fingerprint density at radius 3 is 1.43 bits per heavy atom. The molecule has 2 amide bonds. The Kier molecular flexibility index (Phi) is 30.4. The lowest BCUT2D eigenvalue weighted by atomic mass is 9.82. The largest absolute Gasteiger partial charge is 0.481 e. The lowest BCUT2D eigenvalue weighted by molar-refractivity contribution is -0.291. The average molecular weight is 798 g/mol. The van der Waals surface area contributed by atoms with E-state index < -0.39 is 67.3 Å². The maximum atomic E-state index is 14.0. The van der Waals surface area contributed by atoms with Gasteiger partial charge in [0.15, 0.2) is 5.78 Å². The third-order valence-electron chi connectivity index (χ3n) is 11.4. The molecule has 1 saturated heterocycles. The van der Waals surface area contributed by atoms with Crippen LogP contribution in [-0.4, -0.2) is 92.8 Å². The molecule has 0 radical (unpaired) electrons. The number of Topliss-reactive ketones (excluding diaryl/α,β-unsaturated/α-hetero) is 1. The number of carbonyl (C=O) groups is 4. The maximum absolute atomic E-state index is 14.0. The summed E-state index contributed by atoms with van der Waals surface area (Å²) >= 11 is 0. The minimum Gasteiger partial charge on any atom is -0.481 e. The van der Waals surface area contributed by atoms with E-state index in [-0.39, 0.29) is 25.3 Å². The molecule has 56 heavy (non-hydrogen) atoms. The van der Waals surface area contributed by atoms with Gasteiger partial charge in [0.05, 0.1) is 25.7 Å². The van der Waals surface area contributed by atoms with Crippen molar-refractivity contribution in [3.05, 3.63) is 0 Å². The fourth-order valence-corrected chi connectivity index (χ4v) is 7.84. The molecule has 5 atom stereocenters. The van der Waals surface area contributed by atoms with Crippen molar-refractivity contribution in [2.45, 2.75) is 231 Å². The molecule has 0 bridgehead atoms. The predicted molar refractivity (Wildman–Crippen MR) is 222 cm³/mol. The molecule has 0 aromatic heterocycles. The Hall–Kier alpha value is -2.12. The second-order valence-electron chi connectivity index (χ2n) is 16.3. The molecule has 7 N–H and O–H groups in total. The van der Waals surface area contributed by atoms with Gasteiger partial charge in [0.2, 0.25) is 17.7 Å². The Balaban J connectivity index is 2.83. The standard InChI is InChI=1S/C44H83N3O9/c1-3-5-7-9-11-13-15-16-17-18-19-21-23-25-27-29-33-47(39(51)30-28-26-24-22-20-14-12-10-8-6-4-2)44(45)41(43(55)42(54)37(35-48)56-44)36(49)34-46-38(50)31-32-40(52)53/h37,41-43,48,54-55H,3-35,45H2,1-2H3,(H,46,50)(H,52,53)/t37-,41-,42-,43-,44+/m1/s1. The van der Waals surface area contributed by atoms with Gasteiger partial charge < -0.3 is 35.4 Å². The molecule has 1 heterocycles. The molecule has 1 rings (SSSR count). The minimum absolute atomic E-state index is 0.154. The highest BCUT2D eigenvalue weighted by atomic mass is 16.6. The van der Waals surface area contributed by atoms with Crippen LogP contribution < -0.4 is 11.1 Å². The summed E-state index contributed by atoms with van der Waals surface area (Å²) in [6, 6.07) is 0. The number of hydrogen-bond acceptors (Lipinski definition) is 9. The summed E-state index contributed by atoms with van der Waals surface area (Å²) in [6.07, 6.45) is 26.0. The van der Waals surface area contributed by atoms with E-state index in [1.54, 1.807) is 0 Å². The van der Waals surface area contributed by atoms with Crippen LogP contribution >= 0.6 is 0 Å². The first-order valence-electron chi connectivity index (χ1n) is 22.8. The molecule has 1 aliphatic rings. The first kappa shape index (κ1) is 51.9. The van der Waals surface area contributed by atoms with Crippen molar-refractivity contribution in [1.82, 2.24) is 10.2 Å². The third kappa shape index (κ3) is 22.1. The highest BCUT2D eigenvalue weighted by molar-refractivity contribution is 5.90. The number of rotatable bonds is 37. The van der Waals surface area contributed by atoms with Crippen LogP contribution in [0.1, 0.15) is 206 Å². The first-order chi connectivity index (χ1) is 27.0. The molecule has 0 saturated carbocycles. The highest BCUT2D eigenvalue weighted by Gasteiger charge is 2.58. The van der Waals surface area contributed by atoms with Crippen LogP contribution in [0.25, 0.3) is 0 Å². The number of nitrogens with one attached hydrogen (secondary N) is 1. The van der Waals surface area contributed by atoms with Crippen LogP contribution in [0.2, 0.25) is 0 Å². The van der Waals surface area contributed by atoms with Crippen molar-refractivity contribution < 1.29 is 44.3 Å². The van der Waals surface area contributed by atoms with E-state index in [1.165, 1.54) is 120 Å². The topological polar surface area (TPSA) is 200 Å². The van der Waals surface area contributed by atoms with E-state index in [9.17, 15) is 34.5 Å². The summed E-state index contributed by atoms with van der Waals surface area (Å²) in [5.41, 5.74) is 6.86.